The van der Waals surface area contributed by atoms with Crippen LogP contribution in [-0.4, -0.2) is 80.4 Å². The Bertz CT molecular complexity index is 1090. The third kappa shape index (κ3) is 5.30. The Morgan fingerprint density at radius 1 is 1.10 bits per heavy atom. The molecule has 3 amide bonds. The minimum absolute atomic E-state index is 0.00296. The van der Waals surface area contributed by atoms with Gasteiger partial charge in [-0.05, 0) is 65.0 Å². The lowest BCUT2D eigenvalue weighted by molar-refractivity contribution is -0.145. The third-order valence-electron chi connectivity index (χ3n) is 8.41. The highest BCUT2D eigenvalue weighted by molar-refractivity contribution is 8.02. The molecule has 0 aromatic heterocycles. The number of amides is 3. The average Bonchev–Trinajstić information content (AvgIpc) is 3.55. The van der Waals surface area contributed by atoms with Crippen LogP contribution in [0.4, 0.5) is 5.69 Å². The van der Waals surface area contributed by atoms with Gasteiger partial charge in [0, 0.05) is 42.7 Å². The maximum atomic E-state index is 14.4. The smallest absolute Gasteiger partial charge is 0.247 e. The minimum Gasteiger partial charge on any atom is -0.396 e. The van der Waals surface area contributed by atoms with Crippen LogP contribution < -0.4 is 4.90 Å². The Labute approximate surface area is 237 Å². The summed E-state index contributed by atoms with van der Waals surface area (Å²) < 4.78 is -0.628. The van der Waals surface area contributed by atoms with E-state index in [-0.39, 0.29) is 29.6 Å². The van der Waals surface area contributed by atoms with Gasteiger partial charge in [-0.3, -0.25) is 14.4 Å². The number of nitrogens with zero attached hydrogens (tertiary/aromatic N) is 3. The number of likely N-dealkylation sites (tertiary alicyclic amines) is 1. The Morgan fingerprint density at radius 2 is 1.79 bits per heavy atom. The fraction of sp³-hybridized carbons (Fsp3) is 0.581. The number of carbonyl (C=O) groups is 3. The second kappa shape index (κ2) is 11.9. The normalized spacial score (nSPS) is 27.4. The molecule has 1 aromatic rings. The molecule has 39 heavy (non-hydrogen) atoms. The van der Waals surface area contributed by atoms with E-state index in [9.17, 15) is 19.5 Å². The molecule has 3 heterocycles. The number of thioether (sulfide) groups is 1. The van der Waals surface area contributed by atoms with E-state index in [2.05, 4.69) is 13.2 Å². The molecule has 0 radical (unpaired) electrons. The number of hydrogen-bond acceptors (Lipinski definition) is 5. The first kappa shape index (κ1) is 29.4. The fourth-order valence-electron chi connectivity index (χ4n) is 6.74. The average molecular weight is 554 g/mol. The first-order chi connectivity index (χ1) is 18.6. The van der Waals surface area contributed by atoms with Gasteiger partial charge in [0.25, 0.3) is 0 Å². The highest BCUT2D eigenvalue weighted by Crippen LogP contribution is 2.67. The Balaban J connectivity index is 1.73. The Morgan fingerprint density at radius 3 is 2.41 bits per heavy atom. The molecule has 0 saturated carbocycles. The number of benzene rings is 1. The van der Waals surface area contributed by atoms with E-state index >= 15 is 0 Å². The molecule has 2 unspecified atom stereocenters. The fourth-order valence-corrected chi connectivity index (χ4v) is 8.94. The summed E-state index contributed by atoms with van der Waals surface area (Å²) >= 11 is 1.70. The second-order valence-electron chi connectivity index (χ2n) is 11.9. The predicted octanol–water partition coefficient (Wildman–Crippen LogP) is 4.27. The number of para-hydroxylation sites is 1. The first-order valence-electron chi connectivity index (χ1n) is 14.1. The van der Waals surface area contributed by atoms with Crippen LogP contribution in [0.1, 0.15) is 52.9 Å². The molecule has 1 spiro atoms. The van der Waals surface area contributed by atoms with Gasteiger partial charge in [-0.15, -0.1) is 24.9 Å². The van der Waals surface area contributed by atoms with E-state index in [1.54, 1.807) is 33.7 Å². The molecule has 8 heteroatoms. The second-order valence-corrected chi connectivity index (χ2v) is 13.5. The summed E-state index contributed by atoms with van der Waals surface area (Å²) in [5, 5.41) is 9.27. The van der Waals surface area contributed by atoms with Gasteiger partial charge in [0.1, 0.15) is 6.04 Å². The van der Waals surface area contributed by atoms with Crippen molar-refractivity contribution in [1.29, 1.82) is 0 Å². The molecule has 5 atom stereocenters. The van der Waals surface area contributed by atoms with Crippen molar-refractivity contribution in [3.05, 3.63) is 55.6 Å². The van der Waals surface area contributed by atoms with E-state index in [1.807, 2.05) is 56.0 Å². The van der Waals surface area contributed by atoms with Crippen molar-refractivity contribution in [3.8, 4) is 0 Å². The summed E-state index contributed by atoms with van der Waals surface area (Å²) in [5.41, 5.74) is 0.337. The zero-order chi connectivity index (χ0) is 28.4. The van der Waals surface area contributed by atoms with E-state index < -0.39 is 28.2 Å². The summed E-state index contributed by atoms with van der Waals surface area (Å²) in [5.74, 6) is -1.23. The first-order valence-corrected chi connectivity index (χ1v) is 15.0. The minimum atomic E-state index is -0.628. The maximum Gasteiger partial charge on any atom is 0.247 e. The van der Waals surface area contributed by atoms with Crippen LogP contribution >= 0.6 is 11.8 Å². The van der Waals surface area contributed by atoms with Crippen LogP contribution in [0.2, 0.25) is 0 Å². The number of hydrogen-bond donors (Lipinski definition) is 1. The van der Waals surface area contributed by atoms with Gasteiger partial charge in [-0.1, -0.05) is 30.4 Å². The van der Waals surface area contributed by atoms with Crippen molar-refractivity contribution in [3.63, 3.8) is 0 Å². The lowest BCUT2D eigenvalue weighted by atomic mass is 9.70. The molecular weight excluding hydrogens is 510 g/mol. The maximum absolute atomic E-state index is 14.4. The molecule has 2 bridgehead atoms. The van der Waals surface area contributed by atoms with Gasteiger partial charge >= 0.3 is 0 Å². The summed E-state index contributed by atoms with van der Waals surface area (Å²) in [6, 6.07) is 8.91. The van der Waals surface area contributed by atoms with Gasteiger partial charge in [0.15, 0.2) is 0 Å². The molecule has 3 saturated heterocycles. The van der Waals surface area contributed by atoms with Crippen LogP contribution in [0.25, 0.3) is 0 Å². The molecule has 3 aliphatic heterocycles. The highest BCUT2D eigenvalue weighted by Gasteiger charge is 2.74. The van der Waals surface area contributed by atoms with Crippen molar-refractivity contribution in [2.45, 2.75) is 74.5 Å². The summed E-state index contributed by atoms with van der Waals surface area (Å²) in [6.45, 7) is 15.1. The van der Waals surface area contributed by atoms with Gasteiger partial charge < -0.3 is 19.8 Å². The standard InChI is InChI=1S/C31H43N3O4S/c1-6-18-32(22-14-10-8-11-15-22)27(36)24-23-16-17-31(39-23)25(24)28(37)33(20-12-9-13-21-35)26(31)29(38)34(19-7-2)30(3,4)5/h6-8,10-11,14-15,23-26,35H,1-2,9,12-13,16-21H2,3-5H3/t23-,24+,25-,26?,31?/m0/s1. The molecule has 7 nitrogen and oxygen atoms in total. The van der Waals surface area contributed by atoms with Gasteiger partial charge in [-0.2, -0.15) is 0 Å². The molecular formula is C31H43N3O4S. The van der Waals surface area contributed by atoms with Crippen molar-refractivity contribution in [2.75, 3.05) is 31.1 Å². The number of carbonyl (C=O) groups excluding carboxylic acids is 3. The number of rotatable bonds is 12. The Kier molecular flexibility index (Phi) is 8.96. The van der Waals surface area contributed by atoms with Crippen LogP contribution in [0, 0.1) is 11.8 Å². The molecule has 4 rings (SSSR count). The number of unbranched alkanes of at least 4 members (excludes halogenated alkanes) is 2. The monoisotopic (exact) mass is 553 g/mol. The van der Waals surface area contributed by atoms with Gasteiger partial charge in [-0.25, -0.2) is 0 Å². The van der Waals surface area contributed by atoms with E-state index in [0.717, 1.165) is 24.9 Å². The zero-order valence-corrected chi connectivity index (χ0v) is 24.4. The van der Waals surface area contributed by atoms with Gasteiger partial charge in [0.05, 0.1) is 16.6 Å². The van der Waals surface area contributed by atoms with Gasteiger partial charge in [0.2, 0.25) is 17.7 Å². The lowest BCUT2D eigenvalue weighted by Crippen LogP contribution is -2.58. The van der Waals surface area contributed by atoms with Crippen molar-refractivity contribution in [1.82, 2.24) is 9.80 Å². The molecule has 212 valence electrons. The quantitative estimate of drug-likeness (QED) is 0.309. The number of fused-ring (bicyclic) bond motifs is 1. The zero-order valence-electron chi connectivity index (χ0n) is 23.6. The van der Waals surface area contributed by atoms with E-state index in [0.29, 0.717) is 32.5 Å². The lowest BCUT2D eigenvalue weighted by Gasteiger charge is -2.42. The number of aliphatic hydroxyl groups excluding tert-OH is 1. The van der Waals surface area contributed by atoms with Crippen molar-refractivity contribution < 1.29 is 19.5 Å². The topological polar surface area (TPSA) is 81.2 Å². The summed E-state index contributed by atoms with van der Waals surface area (Å²) in [7, 11) is 0. The summed E-state index contributed by atoms with van der Waals surface area (Å²) in [4.78, 5) is 48.3. The number of anilines is 1. The van der Waals surface area contributed by atoms with Crippen LogP contribution in [0.3, 0.4) is 0 Å². The molecule has 3 fully saturated rings. The van der Waals surface area contributed by atoms with Crippen LogP contribution in [0.15, 0.2) is 55.6 Å². The van der Waals surface area contributed by atoms with Crippen molar-refractivity contribution >= 4 is 35.2 Å². The highest BCUT2D eigenvalue weighted by atomic mass is 32.2. The van der Waals surface area contributed by atoms with Crippen LogP contribution in [0.5, 0.6) is 0 Å². The number of aliphatic hydroxyl groups is 1. The Hall–Kier alpha value is -2.58. The predicted molar refractivity (Wildman–Crippen MR) is 157 cm³/mol. The molecule has 3 aliphatic rings. The summed E-state index contributed by atoms with van der Waals surface area (Å²) in [6.07, 6.45) is 7.13. The molecule has 1 aromatic carbocycles. The van der Waals surface area contributed by atoms with E-state index in [1.165, 1.54) is 0 Å². The third-order valence-corrected chi connectivity index (χ3v) is 10.4. The van der Waals surface area contributed by atoms with Crippen LogP contribution in [-0.2, 0) is 14.4 Å². The molecule has 0 aliphatic carbocycles. The largest absolute Gasteiger partial charge is 0.396 e. The molecule has 1 N–H and O–H groups in total. The van der Waals surface area contributed by atoms with E-state index in [4.69, 9.17) is 0 Å². The van der Waals surface area contributed by atoms with Crippen molar-refractivity contribution in [2.24, 2.45) is 11.8 Å². The SMILES string of the molecule is C=CCN(C(=O)[C@@H]1[C@@H]2CCC3(S2)C(C(=O)N(CC=C)C(C)(C)C)N(CCCCCO)C(=O)[C@H]13)c1ccccc1.